The maximum atomic E-state index is 12.1. The second-order valence-electron chi connectivity index (χ2n) is 6.44. The predicted octanol–water partition coefficient (Wildman–Crippen LogP) is 5.39. The van der Waals surface area contributed by atoms with Crippen molar-refractivity contribution in [1.29, 1.82) is 0 Å². The van der Waals surface area contributed by atoms with E-state index in [4.69, 9.17) is 9.47 Å². The van der Waals surface area contributed by atoms with Crippen molar-refractivity contribution in [1.82, 2.24) is 0 Å². The predicted molar refractivity (Wildman–Crippen MR) is 98.0 cm³/mol. The molecule has 2 rings (SSSR count). The summed E-state index contributed by atoms with van der Waals surface area (Å²) in [4.78, 5) is 12.1. The van der Waals surface area contributed by atoms with Gasteiger partial charge in [-0.2, -0.15) is 0 Å². The molecule has 0 aromatic heterocycles. The number of allylic oxidation sites excluding steroid dienone is 1. The molecule has 3 nitrogen and oxygen atoms in total. The topological polar surface area (TPSA) is 35.5 Å². The van der Waals surface area contributed by atoms with Gasteiger partial charge in [0, 0.05) is 12.0 Å². The lowest BCUT2D eigenvalue weighted by atomic mass is 9.90. The van der Waals surface area contributed by atoms with E-state index < -0.39 is 6.10 Å². The van der Waals surface area contributed by atoms with Crippen molar-refractivity contribution >= 4 is 11.5 Å². The summed E-state index contributed by atoms with van der Waals surface area (Å²) >= 11 is 0. The first-order chi connectivity index (χ1) is 11.7. The minimum absolute atomic E-state index is 0.268. The summed E-state index contributed by atoms with van der Waals surface area (Å²) in [5, 5.41) is 0. The number of para-hydroxylation sites is 1. The standard InChI is InChI=1S/C21H30O3/c1-4-7-10-16(5-2)13-14-17-15-20(21(22)23-6-3)24-19-12-9-8-11-18(17)19/h8-9,11-12,14,16,20H,4-7,10,13,15H2,1-3H3/b17-14+. The zero-order valence-electron chi connectivity index (χ0n) is 15.2. The molecule has 0 aliphatic carbocycles. The number of carbonyl (C=O) groups excluding carboxylic acids is 1. The fraction of sp³-hybridized carbons (Fsp3) is 0.571. The molecule has 1 aliphatic heterocycles. The molecule has 0 saturated carbocycles. The fourth-order valence-corrected chi connectivity index (χ4v) is 3.19. The molecule has 1 heterocycles. The van der Waals surface area contributed by atoms with E-state index in [1.54, 1.807) is 0 Å². The Morgan fingerprint density at radius 3 is 2.83 bits per heavy atom. The molecule has 0 spiro atoms. The summed E-state index contributed by atoms with van der Waals surface area (Å²) in [5.41, 5.74) is 2.33. The average molecular weight is 330 g/mol. The SMILES string of the molecule is CCCCC(CC)C/C=C1\CC(C(=O)OCC)Oc2ccccc21. The van der Waals surface area contributed by atoms with Crippen molar-refractivity contribution in [3.63, 3.8) is 0 Å². The van der Waals surface area contributed by atoms with Gasteiger partial charge < -0.3 is 9.47 Å². The number of fused-ring (bicyclic) bond motifs is 1. The van der Waals surface area contributed by atoms with Gasteiger partial charge in [0.15, 0.2) is 6.10 Å². The van der Waals surface area contributed by atoms with Gasteiger partial charge in [-0.05, 0) is 30.9 Å². The Morgan fingerprint density at radius 2 is 2.12 bits per heavy atom. The zero-order valence-corrected chi connectivity index (χ0v) is 15.2. The molecule has 0 fully saturated rings. The molecule has 0 bridgehead atoms. The molecular formula is C21H30O3. The van der Waals surface area contributed by atoms with Gasteiger partial charge in [-0.15, -0.1) is 0 Å². The van der Waals surface area contributed by atoms with Crippen molar-refractivity contribution in [2.75, 3.05) is 6.61 Å². The highest BCUT2D eigenvalue weighted by Crippen LogP contribution is 2.36. The molecule has 1 aromatic carbocycles. The van der Waals surface area contributed by atoms with Crippen molar-refractivity contribution in [2.24, 2.45) is 5.92 Å². The number of esters is 1. The first-order valence-electron chi connectivity index (χ1n) is 9.31. The maximum absolute atomic E-state index is 12.1. The third kappa shape index (κ3) is 4.86. The monoisotopic (exact) mass is 330 g/mol. The van der Waals surface area contributed by atoms with E-state index in [1.807, 2.05) is 25.1 Å². The van der Waals surface area contributed by atoms with Crippen LogP contribution in [0.4, 0.5) is 0 Å². The van der Waals surface area contributed by atoms with E-state index >= 15 is 0 Å². The lowest BCUT2D eigenvalue weighted by Gasteiger charge is -2.27. The van der Waals surface area contributed by atoms with Crippen LogP contribution in [0.2, 0.25) is 0 Å². The van der Waals surface area contributed by atoms with Gasteiger partial charge in [0.1, 0.15) is 5.75 Å². The van der Waals surface area contributed by atoms with E-state index in [9.17, 15) is 4.79 Å². The largest absolute Gasteiger partial charge is 0.478 e. The zero-order chi connectivity index (χ0) is 17.4. The molecule has 0 radical (unpaired) electrons. The van der Waals surface area contributed by atoms with Gasteiger partial charge >= 0.3 is 5.97 Å². The van der Waals surface area contributed by atoms with Crippen LogP contribution in [0.3, 0.4) is 0 Å². The van der Waals surface area contributed by atoms with E-state index in [2.05, 4.69) is 26.0 Å². The first-order valence-corrected chi connectivity index (χ1v) is 9.31. The normalized spacial score (nSPS) is 19.5. The number of unbranched alkanes of at least 4 members (excludes halogenated alkanes) is 1. The Balaban J connectivity index is 2.16. The number of carbonyl (C=O) groups is 1. The van der Waals surface area contributed by atoms with Crippen LogP contribution >= 0.6 is 0 Å². The number of benzene rings is 1. The average Bonchev–Trinajstić information content (AvgIpc) is 2.61. The van der Waals surface area contributed by atoms with Crippen molar-refractivity contribution < 1.29 is 14.3 Å². The van der Waals surface area contributed by atoms with Gasteiger partial charge in [0.2, 0.25) is 0 Å². The van der Waals surface area contributed by atoms with E-state index in [1.165, 1.54) is 31.3 Å². The van der Waals surface area contributed by atoms with Gasteiger partial charge in [0.25, 0.3) is 0 Å². The van der Waals surface area contributed by atoms with E-state index in [0.29, 0.717) is 18.9 Å². The summed E-state index contributed by atoms with van der Waals surface area (Å²) in [6.45, 7) is 6.71. The van der Waals surface area contributed by atoms with Gasteiger partial charge in [0.05, 0.1) is 6.61 Å². The van der Waals surface area contributed by atoms with Crippen molar-refractivity contribution in [3.8, 4) is 5.75 Å². The number of ether oxygens (including phenoxy) is 2. The van der Waals surface area contributed by atoms with Gasteiger partial charge in [-0.1, -0.05) is 63.8 Å². The summed E-state index contributed by atoms with van der Waals surface area (Å²) in [7, 11) is 0. The summed E-state index contributed by atoms with van der Waals surface area (Å²) < 4.78 is 11.0. The lowest BCUT2D eigenvalue weighted by Crippen LogP contribution is -2.32. The number of rotatable bonds is 8. The van der Waals surface area contributed by atoms with Crippen LogP contribution < -0.4 is 4.74 Å². The molecule has 0 N–H and O–H groups in total. The number of hydrogen-bond donors (Lipinski definition) is 0. The van der Waals surface area contributed by atoms with Crippen molar-refractivity contribution in [3.05, 3.63) is 35.9 Å². The molecular weight excluding hydrogens is 300 g/mol. The molecule has 2 unspecified atom stereocenters. The molecule has 24 heavy (non-hydrogen) atoms. The van der Waals surface area contributed by atoms with Gasteiger partial charge in [-0.25, -0.2) is 4.79 Å². The van der Waals surface area contributed by atoms with Crippen LogP contribution in [0.1, 0.15) is 64.9 Å². The highest BCUT2D eigenvalue weighted by atomic mass is 16.6. The molecule has 3 heteroatoms. The Hall–Kier alpha value is -1.77. The molecule has 0 amide bonds. The molecule has 1 aromatic rings. The quantitative estimate of drug-likeness (QED) is 0.599. The van der Waals surface area contributed by atoms with E-state index in [-0.39, 0.29) is 5.97 Å². The third-order valence-electron chi connectivity index (χ3n) is 4.70. The van der Waals surface area contributed by atoms with E-state index in [0.717, 1.165) is 17.7 Å². The summed E-state index contributed by atoms with van der Waals surface area (Å²) in [6, 6.07) is 7.98. The lowest BCUT2D eigenvalue weighted by molar-refractivity contribution is -0.151. The Labute approximate surface area is 146 Å². The Morgan fingerprint density at radius 1 is 1.33 bits per heavy atom. The van der Waals surface area contributed by atoms with Crippen molar-refractivity contribution in [2.45, 2.75) is 65.4 Å². The highest BCUT2D eigenvalue weighted by Gasteiger charge is 2.29. The Bertz CT molecular complexity index is 562. The van der Waals surface area contributed by atoms with Crippen LogP contribution in [0, 0.1) is 5.92 Å². The Kier molecular flexibility index (Phi) is 7.36. The molecule has 2 atom stereocenters. The van der Waals surface area contributed by atoms with Crippen LogP contribution in [0.25, 0.3) is 5.57 Å². The summed E-state index contributed by atoms with van der Waals surface area (Å²) in [6.07, 6.45) is 8.45. The minimum Gasteiger partial charge on any atom is -0.478 e. The number of hydrogen-bond acceptors (Lipinski definition) is 3. The van der Waals surface area contributed by atoms with Crippen LogP contribution in [-0.4, -0.2) is 18.7 Å². The fourth-order valence-electron chi connectivity index (χ4n) is 3.19. The highest BCUT2D eigenvalue weighted by molar-refractivity contribution is 5.82. The van der Waals surface area contributed by atoms with Crippen LogP contribution in [0.5, 0.6) is 5.75 Å². The van der Waals surface area contributed by atoms with Crippen LogP contribution in [0.15, 0.2) is 30.3 Å². The molecule has 132 valence electrons. The third-order valence-corrected chi connectivity index (χ3v) is 4.70. The first kappa shape index (κ1) is 18.6. The molecule has 0 saturated heterocycles. The second-order valence-corrected chi connectivity index (χ2v) is 6.44. The second kappa shape index (κ2) is 9.51. The van der Waals surface area contributed by atoms with Crippen LogP contribution in [-0.2, 0) is 9.53 Å². The molecule has 1 aliphatic rings. The smallest absolute Gasteiger partial charge is 0.347 e. The maximum Gasteiger partial charge on any atom is 0.347 e. The minimum atomic E-state index is -0.526. The summed E-state index contributed by atoms with van der Waals surface area (Å²) in [5.74, 6) is 1.24. The van der Waals surface area contributed by atoms with Gasteiger partial charge in [-0.3, -0.25) is 0 Å².